The first-order chi connectivity index (χ1) is 18.9. The van der Waals surface area contributed by atoms with Gasteiger partial charge in [-0.25, -0.2) is 0 Å². The lowest BCUT2D eigenvalue weighted by atomic mass is 9.86. The van der Waals surface area contributed by atoms with Crippen LogP contribution in [0, 0.1) is 0 Å². The van der Waals surface area contributed by atoms with Crippen molar-refractivity contribution in [3.8, 4) is 44.5 Å². The number of hydrogen-bond donors (Lipinski definition) is 0. The largest absolute Gasteiger partial charge is 0.264 e. The van der Waals surface area contributed by atoms with Crippen LogP contribution in [0.2, 0.25) is 0 Å². The minimum Gasteiger partial charge on any atom is -0.264 e. The molecule has 1 nitrogen and oxygen atoms in total. The molecule has 1 heteroatoms. The fourth-order valence-corrected chi connectivity index (χ4v) is 5.56. The summed E-state index contributed by atoms with van der Waals surface area (Å²) in [6.07, 6.45) is 3.92. The highest BCUT2D eigenvalue weighted by Crippen LogP contribution is 2.43. The van der Waals surface area contributed by atoms with E-state index in [-0.39, 0.29) is 0 Å². The number of fused-ring (bicyclic) bond motifs is 2. The SMILES string of the molecule is c1ccc(-c2ccc(-c3c4ccccc4c(-c4ccc(-c5ccccc5)cc4)c4cnccc34)cc2)cc1. The van der Waals surface area contributed by atoms with Crippen molar-refractivity contribution in [2.75, 3.05) is 0 Å². The van der Waals surface area contributed by atoms with Crippen LogP contribution in [-0.4, -0.2) is 4.98 Å². The zero-order valence-corrected chi connectivity index (χ0v) is 20.9. The Morgan fingerprint density at radius 2 is 0.658 bits per heavy atom. The minimum absolute atomic E-state index is 1.17. The van der Waals surface area contributed by atoms with Gasteiger partial charge in [-0.2, -0.15) is 0 Å². The molecule has 0 saturated carbocycles. The summed E-state index contributed by atoms with van der Waals surface area (Å²) in [5.41, 5.74) is 9.79. The van der Waals surface area contributed by atoms with Crippen LogP contribution < -0.4 is 0 Å². The Bertz CT molecular complexity index is 1670. The third kappa shape index (κ3) is 3.86. The number of hydrogen-bond acceptors (Lipinski definition) is 1. The zero-order valence-electron chi connectivity index (χ0n) is 20.9. The van der Waals surface area contributed by atoms with Crippen molar-refractivity contribution in [3.05, 3.63) is 152 Å². The Balaban J connectivity index is 1.43. The highest BCUT2D eigenvalue weighted by molar-refractivity contribution is 6.21. The molecule has 0 saturated heterocycles. The number of nitrogens with zero attached hydrogens (tertiary/aromatic N) is 1. The Hall–Kier alpha value is -5.01. The van der Waals surface area contributed by atoms with E-state index in [4.69, 9.17) is 0 Å². The van der Waals surface area contributed by atoms with Crippen molar-refractivity contribution in [3.63, 3.8) is 0 Å². The average Bonchev–Trinajstić information content (AvgIpc) is 3.01. The molecule has 0 aliphatic carbocycles. The van der Waals surface area contributed by atoms with E-state index in [0.29, 0.717) is 0 Å². The Morgan fingerprint density at radius 1 is 0.289 bits per heavy atom. The van der Waals surface area contributed by atoms with E-state index in [0.717, 1.165) is 0 Å². The minimum atomic E-state index is 1.17. The highest BCUT2D eigenvalue weighted by Gasteiger charge is 2.17. The van der Waals surface area contributed by atoms with Crippen LogP contribution in [0.1, 0.15) is 0 Å². The summed E-state index contributed by atoms with van der Waals surface area (Å²) in [6.45, 7) is 0. The van der Waals surface area contributed by atoms with Crippen LogP contribution in [0.3, 0.4) is 0 Å². The second-order valence-corrected chi connectivity index (χ2v) is 9.60. The normalized spacial score (nSPS) is 11.2. The number of rotatable bonds is 4. The average molecular weight is 484 g/mol. The monoisotopic (exact) mass is 483 g/mol. The molecule has 1 aromatic heterocycles. The van der Waals surface area contributed by atoms with Crippen LogP contribution in [-0.2, 0) is 0 Å². The lowest BCUT2D eigenvalue weighted by Crippen LogP contribution is -1.91. The summed E-state index contributed by atoms with van der Waals surface area (Å²) in [5, 5.41) is 4.87. The molecular formula is C37H25N. The van der Waals surface area contributed by atoms with E-state index in [1.54, 1.807) is 0 Å². The van der Waals surface area contributed by atoms with E-state index in [2.05, 4.69) is 145 Å². The van der Waals surface area contributed by atoms with Crippen molar-refractivity contribution in [1.82, 2.24) is 4.98 Å². The Kier molecular flexibility index (Phi) is 5.53. The molecule has 178 valence electrons. The first-order valence-electron chi connectivity index (χ1n) is 13.0. The lowest BCUT2D eigenvalue weighted by Gasteiger charge is -2.18. The molecule has 0 atom stereocenters. The third-order valence-corrected chi connectivity index (χ3v) is 7.39. The highest BCUT2D eigenvalue weighted by atomic mass is 14.6. The van der Waals surface area contributed by atoms with Crippen LogP contribution >= 0.6 is 0 Å². The lowest BCUT2D eigenvalue weighted by molar-refractivity contribution is 1.37. The molecule has 0 fully saturated rings. The predicted octanol–water partition coefficient (Wildman–Crippen LogP) is 10.1. The van der Waals surface area contributed by atoms with Crippen molar-refractivity contribution >= 4 is 21.5 Å². The third-order valence-electron chi connectivity index (χ3n) is 7.39. The first kappa shape index (κ1) is 22.2. The predicted molar refractivity (Wildman–Crippen MR) is 161 cm³/mol. The molecular weight excluding hydrogens is 458 g/mol. The molecule has 6 aromatic carbocycles. The van der Waals surface area contributed by atoms with E-state index in [1.165, 1.54) is 66.1 Å². The van der Waals surface area contributed by atoms with Gasteiger partial charge in [-0.05, 0) is 66.7 Å². The molecule has 7 rings (SSSR count). The van der Waals surface area contributed by atoms with E-state index < -0.39 is 0 Å². The molecule has 0 N–H and O–H groups in total. The summed E-state index contributed by atoms with van der Waals surface area (Å²) < 4.78 is 0. The molecule has 0 unspecified atom stereocenters. The van der Waals surface area contributed by atoms with Gasteiger partial charge < -0.3 is 0 Å². The molecule has 0 spiro atoms. The summed E-state index contributed by atoms with van der Waals surface area (Å²) in [4.78, 5) is 4.56. The second-order valence-electron chi connectivity index (χ2n) is 9.60. The topological polar surface area (TPSA) is 12.9 Å². The fraction of sp³-hybridized carbons (Fsp3) is 0. The number of aromatic nitrogens is 1. The summed E-state index contributed by atoms with van der Waals surface area (Å²) in [7, 11) is 0. The quantitative estimate of drug-likeness (QED) is 0.227. The van der Waals surface area contributed by atoms with Gasteiger partial charge in [0, 0.05) is 17.8 Å². The Labute approximate surface area is 222 Å². The van der Waals surface area contributed by atoms with Crippen molar-refractivity contribution in [2.45, 2.75) is 0 Å². The van der Waals surface area contributed by atoms with E-state index >= 15 is 0 Å². The van der Waals surface area contributed by atoms with Gasteiger partial charge in [0.1, 0.15) is 0 Å². The second kappa shape index (κ2) is 9.46. The zero-order chi connectivity index (χ0) is 25.3. The molecule has 0 aliphatic rings. The fourth-order valence-electron chi connectivity index (χ4n) is 5.56. The summed E-state index contributed by atoms with van der Waals surface area (Å²) >= 11 is 0. The van der Waals surface area contributed by atoms with Gasteiger partial charge in [0.05, 0.1) is 0 Å². The number of pyridine rings is 1. The van der Waals surface area contributed by atoms with E-state index in [9.17, 15) is 0 Å². The van der Waals surface area contributed by atoms with Gasteiger partial charge in [0.25, 0.3) is 0 Å². The standard InChI is InChI=1S/C37H25N/c1-3-9-26(10-4-1)28-15-19-30(20-16-28)36-32-13-7-8-14-33(32)37(35-25-38-24-23-34(35)36)31-21-17-29(18-22-31)27-11-5-2-6-12-27/h1-25H. The summed E-state index contributed by atoms with van der Waals surface area (Å²) in [6, 6.07) is 49.9. The molecule has 0 bridgehead atoms. The van der Waals surface area contributed by atoms with Gasteiger partial charge in [-0.3, -0.25) is 4.98 Å². The van der Waals surface area contributed by atoms with Crippen LogP contribution in [0.15, 0.2) is 152 Å². The van der Waals surface area contributed by atoms with Crippen molar-refractivity contribution in [2.24, 2.45) is 0 Å². The van der Waals surface area contributed by atoms with E-state index in [1.807, 2.05) is 12.4 Å². The van der Waals surface area contributed by atoms with Crippen LogP contribution in [0.4, 0.5) is 0 Å². The molecule has 0 radical (unpaired) electrons. The maximum atomic E-state index is 4.56. The van der Waals surface area contributed by atoms with Gasteiger partial charge in [-0.15, -0.1) is 0 Å². The maximum Gasteiger partial charge on any atom is 0.0353 e. The smallest absolute Gasteiger partial charge is 0.0353 e. The van der Waals surface area contributed by atoms with Crippen LogP contribution in [0.5, 0.6) is 0 Å². The summed E-state index contributed by atoms with van der Waals surface area (Å²) in [5.74, 6) is 0. The Morgan fingerprint density at radius 3 is 1.16 bits per heavy atom. The van der Waals surface area contributed by atoms with Crippen molar-refractivity contribution < 1.29 is 0 Å². The van der Waals surface area contributed by atoms with Gasteiger partial charge in [-0.1, -0.05) is 133 Å². The number of benzene rings is 6. The van der Waals surface area contributed by atoms with Gasteiger partial charge in [0.15, 0.2) is 0 Å². The molecule has 0 amide bonds. The molecule has 1 heterocycles. The molecule has 38 heavy (non-hydrogen) atoms. The van der Waals surface area contributed by atoms with Gasteiger partial charge in [0.2, 0.25) is 0 Å². The first-order valence-corrected chi connectivity index (χ1v) is 13.0. The molecule has 0 aliphatic heterocycles. The maximum absolute atomic E-state index is 4.56. The molecule has 7 aromatic rings. The van der Waals surface area contributed by atoms with Crippen molar-refractivity contribution in [1.29, 1.82) is 0 Å². The van der Waals surface area contributed by atoms with Crippen LogP contribution in [0.25, 0.3) is 66.1 Å². The van der Waals surface area contributed by atoms with Gasteiger partial charge >= 0.3 is 0 Å².